The molecule has 1 unspecified atom stereocenters. The van der Waals surface area contributed by atoms with Crippen molar-refractivity contribution in [1.29, 1.82) is 0 Å². The fourth-order valence-corrected chi connectivity index (χ4v) is 3.34. The van der Waals surface area contributed by atoms with E-state index in [-0.39, 0.29) is 18.0 Å². The number of hydrogen-bond acceptors (Lipinski definition) is 2. The molecule has 5 heteroatoms. The second-order valence-electron chi connectivity index (χ2n) is 5.79. The van der Waals surface area contributed by atoms with E-state index in [1.54, 1.807) is 0 Å². The van der Waals surface area contributed by atoms with Crippen LogP contribution in [0.5, 0.6) is 0 Å². The minimum Gasteiger partial charge on any atom is -0.461 e. The first-order valence-corrected chi connectivity index (χ1v) is 7.14. The molecule has 2 aliphatic rings. The molecule has 0 spiro atoms. The van der Waals surface area contributed by atoms with Gasteiger partial charge < -0.3 is 4.74 Å². The molecule has 1 heterocycles. The fourth-order valence-electron chi connectivity index (χ4n) is 3.34. The van der Waals surface area contributed by atoms with E-state index in [2.05, 4.69) is 4.85 Å². The lowest BCUT2D eigenvalue weighted by molar-refractivity contribution is -0.176. The van der Waals surface area contributed by atoms with E-state index in [1.165, 1.54) is 12.1 Å². The van der Waals surface area contributed by atoms with Crippen LogP contribution in [-0.2, 0) is 9.53 Å². The molecule has 2 fully saturated rings. The van der Waals surface area contributed by atoms with Crippen LogP contribution in [0, 0.1) is 24.1 Å². The molecule has 3 nitrogen and oxygen atoms in total. The van der Waals surface area contributed by atoms with Crippen LogP contribution in [0.15, 0.2) is 12.1 Å². The lowest BCUT2D eigenvalue weighted by Gasteiger charge is -2.37. The Labute approximate surface area is 121 Å². The van der Waals surface area contributed by atoms with E-state index in [0.717, 1.165) is 25.7 Å². The Bertz CT molecular complexity index is 584. The number of rotatable bonds is 2. The van der Waals surface area contributed by atoms with Gasteiger partial charge in [-0.1, -0.05) is 0 Å². The van der Waals surface area contributed by atoms with E-state index in [1.807, 2.05) is 0 Å². The van der Waals surface area contributed by atoms with Gasteiger partial charge in [0, 0.05) is 0 Å². The van der Waals surface area contributed by atoms with Crippen LogP contribution in [0.1, 0.15) is 43.6 Å². The van der Waals surface area contributed by atoms with Crippen molar-refractivity contribution in [3.8, 4) is 0 Å². The molecule has 0 radical (unpaired) electrons. The Morgan fingerprint density at radius 3 is 2.19 bits per heavy atom. The highest BCUT2D eigenvalue weighted by molar-refractivity contribution is 5.75. The summed E-state index contributed by atoms with van der Waals surface area (Å²) < 4.78 is 32.4. The molecule has 1 saturated heterocycles. The number of ether oxygens (including phenoxy) is 1. The predicted octanol–water partition coefficient (Wildman–Crippen LogP) is 4.10. The van der Waals surface area contributed by atoms with Crippen molar-refractivity contribution in [3.05, 3.63) is 40.7 Å². The van der Waals surface area contributed by atoms with Crippen molar-refractivity contribution < 1.29 is 18.3 Å². The van der Waals surface area contributed by atoms with Crippen molar-refractivity contribution >= 4 is 11.7 Å². The molecule has 0 N–H and O–H groups in total. The average molecular weight is 291 g/mol. The summed E-state index contributed by atoms with van der Waals surface area (Å²) in [5.74, 6) is -1.22. The topological polar surface area (TPSA) is 30.7 Å². The molecule has 1 aromatic rings. The summed E-state index contributed by atoms with van der Waals surface area (Å²) in [5, 5.41) is 0. The lowest BCUT2D eigenvalue weighted by Crippen LogP contribution is -2.40. The summed E-state index contributed by atoms with van der Waals surface area (Å²) in [6.07, 6.45) is 3.99. The number of carbonyl (C=O) groups excluding carboxylic acids is 1. The van der Waals surface area contributed by atoms with E-state index in [4.69, 9.17) is 11.3 Å². The quantitative estimate of drug-likeness (QED) is 0.606. The number of cyclic esters (lactones) is 1. The third-order valence-corrected chi connectivity index (χ3v) is 4.57. The molecule has 3 rings (SSSR count). The molecule has 1 aliphatic carbocycles. The minimum absolute atomic E-state index is 0.0383. The van der Waals surface area contributed by atoms with Crippen molar-refractivity contribution in [2.75, 3.05) is 0 Å². The SMILES string of the molecule is [C-]#[N+]c1c(F)cc(C2CCC(C3CC(=O)O3)CC2)cc1F. The number of esters is 1. The highest BCUT2D eigenvalue weighted by Crippen LogP contribution is 2.41. The lowest BCUT2D eigenvalue weighted by atomic mass is 9.75. The van der Waals surface area contributed by atoms with Crippen LogP contribution in [0.4, 0.5) is 14.5 Å². The van der Waals surface area contributed by atoms with E-state index >= 15 is 0 Å². The number of nitrogens with zero attached hydrogens (tertiary/aromatic N) is 1. The second-order valence-corrected chi connectivity index (χ2v) is 5.79. The average Bonchev–Trinajstić information content (AvgIpc) is 2.44. The summed E-state index contributed by atoms with van der Waals surface area (Å²) in [5.41, 5.74) is 0.0928. The van der Waals surface area contributed by atoms with Crippen LogP contribution in [-0.4, -0.2) is 12.1 Å². The number of halogens is 2. The third-order valence-electron chi connectivity index (χ3n) is 4.57. The van der Waals surface area contributed by atoms with Crippen LogP contribution in [0.25, 0.3) is 4.85 Å². The first-order chi connectivity index (χ1) is 10.1. The van der Waals surface area contributed by atoms with Gasteiger partial charge in [0.2, 0.25) is 0 Å². The van der Waals surface area contributed by atoms with Gasteiger partial charge in [-0.05, 0) is 55.2 Å². The predicted molar refractivity (Wildman–Crippen MR) is 71.8 cm³/mol. The molecule has 1 atom stereocenters. The summed E-state index contributed by atoms with van der Waals surface area (Å²) in [6, 6.07) is 2.57. The standard InChI is InChI=1S/C16H15F2NO2/c1-19-16-12(17)6-11(7-13(16)18)9-2-4-10(5-3-9)14-8-15(20)21-14/h6-7,9-10,14H,2-5,8H2. The zero-order valence-electron chi connectivity index (χ0n) is 11.4. The Morgan fingerprint density at radius 2 is 1.71 bits per heavy atom. The van der Waals surface area contributed by atoms with Gasteiger partial charge in [0.25, 0.3) is 5.69 Å². The van der Waals surface area contributed by atoms with Crippen LogP contribution < -0.4 is 0 Å². The first-order valence-electron chi connectivity index (χ1n) is 7.14. The molecule has 0 aromatic heterocycles. The molecule has 110 valence electrons. The maximum Gasteiger partial charge on any atom is 0.309 e. The van der Waals surface area contributed by atoms with Gasteiger partial charge >= 0.3 is 5.97 Å². The maximum absolute atomic E-state index is 13.7. The summed E-state index contributed by atoms with van der Waals surface area (Å²) in [7, 11) is 0. The van der Waals surface area contributed by atoms with Gasteiger partial charge in [-0.15, -0.1) is 0 Å². The molecular weight excluding hydrogens is 276 g/mol. The molecule has 0 amide bonds. The van der Waals surface area contributed by atoms with Crippen LogP contribution >= 0.6 is 0 Å². The molecule has 21 heavy (non-hydrogen) atoms. The zero-order valence-corrected chi connectivity index (χ0v) is 11.4. The van der Waals surface area contributed by atoms with Crippen molar-refractivity contribution in [2.24, 2.45) is 5.92 Å². The highest BCUT2D eigenvalue weighted by Gasteiger charge is 2.37. The van der Waals surface area contributed by atoms with Gasteiger partial charge in [0.15, 0.2) is 0 Å². The molecule has 1 aromatic carbocycles. The summed E-state index contributed by atoms with van der Waals surface area (Å²) in [6.45, 7) is 6.76. The van der Waals surface area contributed by atoms with E-state index < -0.39 is 17.3 Å². The molecule has 1 aliphatic heterocycles. The van der Waals surface area contributed by atoms with Gasteiger partial charge in [0.05, 0.1) is 13.0 Å². The Morgan fingerprint density at radius 1 is 1.14 bits per heavy atom. The molecular formula is C16H15F2NO2. The minimum atomic E-state index is -0.782. The number of carbonyl (C=O) groups is 1. The van der Waals surface area contributed by atoms with Gasteiger partial charge in [0.1, 0.15) is 17.7 Å². The smallest absolute Gasteiger partial charge is 0.309 e. The van der Waals surface area contributed by atoms with Crippen molar-refractivity contribution in [2.45, 2.75) is 44.1 Å². The van der Waals surface area contributed by atoms with Gasteiger partial charge in [-0.3, -0.25) is 4.79 Å². The van der Waals surface area contributed by atoms with Crippen molar-refractivity contribution in [1.82, 2.24) is 0 Å². The number of benzene rings is 1. The highest BCUT2D eigenvalue weighted by atomic mass is 19.1. The van der Waals surface area contributed by atoms with Crippen LogP contribution in [0.3, 0.4) is 0 Å². The van der Waals surface area contributed by atoms with E-state index in [0.29, 0.717) is 17.9 Å². The maximum atomic E-state index is 13.7. The molecule has 1 saturated carbocycles. The first kappa shape index (κ1) is 14.0. The van der Waals surface area contributed by atoms with Crippen LogP contribution in [0.2, 0.25) is 0 Å². The summed E-state index contributed by atoms with van der Waals surface area (Å²) >= 11 is 0. The Kier molecular flexibility index (Phi) is 3.62. The number of hydrogen-bond donors (Lipinski definition) is 0. The van der Waals surface area contributed by atoms with E-state index in [9.17, 15) is 13.6 Å². The third kappa shape index (κ3) is 2.63. The van der Waals surface area contributed by atoms with Gasteiger partial charge in [-0.25, -0.2) is 13.6 Å². The Balaban J connectivity index is 1.67. The normalized spacial score (nSPS) is 28.4. The second kappa shape index (κ2) is 5.44. The largest absolute Gasteiger partial charge is 0.461 e. The monoisotopic (exact) mass is 291 g/mol. The van der Waals surface area contributed by atoms with Crippen molar-refractivity contribution in [3.63, 3.8) is 0 Å². The molecule has 0 bridgehead atoms. The fraction of sp³-hybridized carbons (Fsp3) is 0.500. The summed E-state index contributed by atoms with van der Waals surface area (Å²) in [4.78, 5) is 13.7. The zero-order chi connectivity index (χ0) is 15.0. The Hall–Kier alpha value is -1.96. The van der Waals surface area contributed by atoms with Gasteiger partial charge in [-0.2, -0.15) is 0 Å².